The van der Waals surface area contributed by atoms with E-state index in [9.17, 15) is 9.59 Å². The average molecular weight is 398 g/mol. The maximum absolute atomic E-state index is 12.7. The van der Waals surface area contributed by atoms with Gasteiger partial charge in [-0.15, -0.1) is 0 Å². The van der Waals surface area contributed by atoms with Crippen molar-refractivity contribution in [1.29, 1.82) is 0 Å². The molecule has 0 fully saturated rings. The van der Waals surface area contributed by atoms with Gasteiger partial charge in [0.05, 0.1) is 13.5 Å². The number of hydrogen-bond donors (Lipinski definition) is 2. The number of methoxy groups -OCH3 is 1. The van der Waals surface area contributed by atoms with Crippen LogP contribution in [0.3, 0.4) is 0 Å². The van der Waals surface area contributed by atoms with E-state index in [4.69, 9.17) is 14.2 Å². The lowest BCUT2D eigenvalue weighted by atomic mass is 10.0. The number of ether oxygens (including phenoxy) is 3. The lowest BCUT2D eigenvalue weighted by molar-refractivity contribution is -0.129. The van der Waals surface area contributed by atoms with Gasteiger partial charge in [0.1, 0.15) is 11.8 Å². The van der Waals surface area contributed by atoms with Crippen molar-refractivity contribution in [3.05, 3.63) is 53.6 Å². The number of carbonyl (C=O) groups is 2. The summed E-state index contributed by atoms with van der Waals surface area (Å²) < 4.78 is 15.8. The van der Waals surface area contributed by atoms with Gasteiger partial charge in [-0.25, -0.2) is 0 Å². The second-order valence-electron chi connectivity index (χ2n) is 7.22. The maximum atomic E-state index is 12.7. The van der Waals surface area contributed by atoms with Gasteiger partial charge in [0, 0.05) is 6.54 Å². The van der Waals surface area contributed by atoms with Crippen molar-refractivity contribution in [2.24, 2.45) is 5.92 Å². The number of nitrogens with one attached hydrogen (secondary N) is 2. The van der Waals surface area contributed by atoms with Gasteiger partial charge in [0.25, 0.3) is 0 Å². The van der Waals surface area contributed by atoms with Crippen molar-refractivity contribution in [3.8, 4) is 17.2 Å². The fourth-order valence-corrected chi connectivity index (χ4v) is 3.04. The average Bonchev–Trinajstić information content (AvgIpc) is 3.18. The van der Waals surface area contributed by atoms with E-state index < -0.39 is 6.04 Å². The predicted octanol–water partition coefficient (Wildman–Crippen LogP) is 2.42. The molecule has 0 unspecified atom stereocenters. The van der Waals surface area contributed by atoms with Gasteiger partial charge in [-0.1, -0.05) is 32.0 Å². The van der Waals surface area contributed by atoms with Crippen LogP contribution >= 0.6 is 0 Å². The van der Waals surface area contributed by atoms with Crippen molar-refractivity contribution >= 4 is 11.8 Å². The molecular formula is C22H26N2O5. The Hall–Kier alpha value is -3.22. The molecule has 2 aromatic rings. The van der Waals surface area contributed by atoms with Crippen LogP contribution in [0.4, 0.5) is 0 Å². The zero-order valence-electron chi connectivity index (χ0n) is 16.9. The molecule has 1 aliphatic heterocycles. The van der Waals surface area contributed by atoms with Crippen LogP contribution in [0.1, 0.15) is 25.0 Å². The molecule has 2 N–H and O–H groups in total. The molecule has 1 atom stereocenters. The monoisotopic (exact) mass is 398 g/mol. The lowest BCUT2D eigenvalue weighted by Crippen LogP contribution is -2.49. The molecule has 1 aliphatic rings. The van der Waals surface area contributed by atoms with Gasteiger partial charge >= 0.3 is 0 Å². The largest absolute Gasteiger partial charge is 0.497 e. The number of rotatable bonds is 8. The Morgan fingerprint density at radius 3 is 2.41 bits per heavy atom. The van der Waals surface area contributed by atoms with E-state index in [-0.39, 0.29) is 30.9 Å². The zero-order chi connectivity index (χ0) is 20.8. The number of fused-ring (bicyclic) bond motifs is 1. The van der Waals surface area contributed by atoms with E-state index in [0.717, 1.165) is 16.9 Å². The molecule has 1 heterocycles. The number of carbonyl (C=O) groups excluding carboxylic acids is 2. The van der Waals surface area contributed by atoms with E-state index >= 15 is 0 Å². The minimum Gasteiger partial charge on any atom is -0.497 e. The molecule has 0 saturated carbocycles. The highest BCUT2D eigenvalue weighted by Crippen LogP contribution is 2.32. The van der Waals surface area contributed by atoms with Crippen LogP contribution in [0, 0.1) is 5.92 Å². The van der Waals surface area contributed by atoms with Crippen LogP contribution in [-0.2, 0) is 22.6 Å². The third-order valence-electron chi connectivity index (χ3n) is 4.69. The summed E-state index contributed by atoms with van der Waals surface area (Å²) in [5, 5.41) is 5.73. The summed E-state index contributed by atoms with van der Waals surface area (Å²) in [6.45, 7) is 4.35. The summed E-state index contributed by atoms with van der Waals surface area (Å²) >= 11 is 0. The first kappa shape index (κ1) is 20.5. The quantitative estimate of drug-likeness (QED) is 0.713. The third-order valence-corrected chi connectivity index (χ3v) is 4.69. The molecule has 0 aromatic heterocycles. The summed E-state index contributed by atoms with van der Waals surface area (Å²) in [4.78, 5) is 25.1. The van der Waals surface area contributed by atoms with Crippen LogP contribution in [0.5, 0.6) is 17.2 Å². The standard InChI is InChI=1S/C22H26N2O5/c1-14(2)21(24-20(25)11-15-4-7-17(27-3)8-5-15)22(26)23-12-16-6-9-18-19(10-16)29-13-28-18/h4-10,14,21H,11-13H2,1-3H3,(H,23,26)(H,24,25)/t21-/m0/s1. The van der Waals surface area contributed by atoms with Crippen LogP contribution in [0.2, 0.25) is 0 Å². The van der Waals surface area contributed by atoms with Crippen molar-refractivity contribution in [3.63, 3.8) is 0 Å². The van der Waals surface area contributed by atoms with Crippen molar-refractivity contribution < 1.29 is 23.8 Å². The summed E-state index contributed by atoms with van der Waals surface area (Å²) in [7, 11) is 1.59. The normalized spacial score (nSPS) is 13.1. The van der Waals surface area contributed by atoms with Crippen LogP contribution in [0.25, 0.3) is 0 Å². The van der Waals surface area contributed by atoms with E-state index in [0.29, 0.717) is 18.0 Å². The third kappa shape index (κ3) is 5.40. The minimum atomic E-state index is -0.616. The molecule has 0 spiro atoms. The molecule has 0 saturated heterocycles. The van der Waals surface area contributed by atoms with Gasteiger partial charge in [-0.05, 0) is 41.3 Å². The molecule has 7 heteroatoms. The van der Waals surface area contributed by atoms with E-state index in [1.165, 1.54) is 0 Å². The molecule has 0 aliphatic carbocycles. The molecule has 2 aromatic carbocycles. The Labute approximate surface area is 170 Å². The Bertz CT molecular complexity index is 864. The zero-order valence-corrected chi connectivity index (χ0v) is 16.9. The Morgan fingerprint density at radius 2 is 1.72 bits per heavy atom. The van der Waals surface area contributed by atoms with Crippen molar-refractivity contribution in [2.75, 3.05) is 13.9 Å². The number of amides is 2. The van der Waals surface area contributed by atoms with E-state index in [1.54, 1.807) is 19.2 Å². The van der Waals surface area contributed by atoms with Crippen molar-refractivity contribution in [1.82, 2.24) is 10.6 Å². The molecular weight excluding hydrogens is 372 g/mol. The van der Waals surface area contributed by atoms with Crippen LogP contribution in [-0.4, -0.2) is 31.8 Å². The summed E-state index contributed by atoms with van der Waals surface area (Å²) in [5.41, 5.74) is 1.75. The fraction of sp³-hybridized carbons (Fsp3) is 0.364. The van der Waals surface area contributed by atoms with Crippen LogP contribution in [0.15, 0.2) is 42.5 Å². The van der Waals surface area contributed by atoms with Crippen LogP contribution < -0.4 is 24.8 Å². The first-order valence-electron chi connectivity index (χ1n) is 9.55. The van der Waals surface area contributed by atoms with Crippen molar-refractivity contribution in [2.45, 2.75) is 32.9 Å². The highest BCUT2D eigenvalue weighted by Gasteiger charge is 2.24. The van der Waals surface area contributed by atoms with Gasteiger partial charge in [0.2, 0.25) is 18.6 Å². The molecule has 3 rings (SSSR count). The molecule has 2 amide bonds. The maximum Gasteiger partial charge on any atom is 0.243 e. The minimum absolute atomic E-state index is 0.0495. The highest BCUT2D eigenvalue weighted by molar-refractivity contribution is 5.88. The smallest absolute Gasteiger partial charge is 0.243 e. The predicted molar refractivity (Wildman–Crippen MR) is 108 cm³/mol. The number of hydrogen-bond acceptors (Lipinski definition) is 5. The van der Waals surface area contributed by atoms with Gasteiger partial charge in [0.15, 0.2) is 11.5 Å². The summed E-state index contributed by atoms with van der Waals surface area (Å²) in [5.74, 6) is 1.63. The SMILES string of the molecule is COc1ccc(CC(=O)N[C@H](C(=O)NCc2ccc3c(c2)OCO3)C(C)C)cc1. The molecule has 0 radical (unpaired) electrons. The molecule has 154 valence electrons. The summed E-state index contributed by atoms with van der Waals surface area (Å²) in [6.07, 6.45) is 0.197. The van der Waals surface area contributed by atoms with E-state index in [1.807, 2.05) is 44.2 Å². The Morgan fingerprint density at radius 1 is 1.03 bits per heavy atom. The van der Waals surface area contributed by atoms with Gasteiger partial charge in [-0.2, -0.15) is 0 Å². The van der Waals surface area contributed by atoms with Gasteiger partial charge in [-0.3, -0.25) is 9.59 Å². The number of benzene rings is 2. The molecule has 7 nitrogen and oxygen atoms in total. The first-order valence-corrected chi connectivity index (χ1v) is 9.55. The fourth-order valence-electron chi connectivity index (χ4n) is 3.04. The Kier molecular flexibility index (Phi) is 6.59. The molecule has 0 bridgehead atoms. The summed E-state index contributed by atoms with van der Waals surface area (Å²) in [6, 6.07) is 12.2. The van der Waals surface area contributed by atoms with Gasteiger partial charge < -0.3 is 24.8 Å². The second-order valence-corrected chi connectivity index (χ2v) is 7.22. The lowest BCUT2D eigenvalue weighted by Gasteiger charge is -2.22. The Balaban J connectivity index is 1.55. The highest BCUT2D eigenvalue weighted by atomic mass is 16.7. The van der Waals surface area contributed by atoms with E-state index in [2.05, 4.69) is 10.6 Å². The molecule has 29 heavy (non-hydrogen) atoms. The first-order chi connectivity index (χ1) is 14.0. The second kappa shape index (κ2) is 9.32. The topological polar surface area (TPSA) is 85.9 Å².